The predicted octanol–water partition coefficient (Wildman–Crippen LogP) is 1.43. The number of hydrogen-bond donors (Lipinski definition) is 1. The molecule has 2 aliphatic rings. The molecule has 0 spiro atoms. The monoisotopic (exact) mass is 302 g/mol. The van der Waals surface area contributed by atoms with Gasteiger partial charge in [-0.05, 0) is 36.8 Å². The molecule has 2 amide bonds. The van der Waals surface area contributed by atoms with Crippen molar-refractivity contribution in [3.63, 3.8) is 0 Å². The van der Waals surface area contributed by atoms with Crippen LogP contribution in [0.15, 0.2) is 24.3 Å². The highest BCUT2D eigenvalue weighted by Gasteiger charge is 2.25. The average molecular weight is 302 g/mol. The molecule has 3 rings (SSSR count). The van der Waals surface area contributed by atoms with Gasteiger partial charge in [-0.2, -0.15) is 0 Å². The second kappa shape index (κ2) is 6.92. The third-order valence-corrected chi connectivity index (χ3v) is 4.38. The maximum atomic E-state index is 12.1. The fourth-order valence-electron chi connectivity index (χ4n) is 3.15. The van der Waals surface area contributed by atoms with Crippen molar-refractivity contribution in [3.05, 3.63) is 35.4 Å². The summed E-state index contributed by atoms with van der Waals surface area (Å²) in [6, 6.07) is 8.10. The summed E-state index contributed by atoms with van der Waals surface area (Å²) in [6.45, 7) is 2.37. The van der Waals surface area contributed by atoms with Crippen LogP contribution in [0.3, 0.4) is 0 Å². The van der Waals surface area contributed by atoms with E-state index in [-0.39, 0.29) is 6.10 Å². The van der Waals surface area contributed by atoms with Crippen LogP contribution in [-0.2, 0) is 20.7 Å². The predicted molar refractivity (Wildman–Crippen MR) is 82.3 cm³/mol. The minimum absolute atomic E-state index is 0.164. The number of rotatable bonds is 2. The van der Waals surface area contributed by atoms with Gasteiger partial charge in [-0.1, -0.05) is 24.3 Å². The molecule has 0 unspecified atom stereocenters. The first-order valence-corrected chi connectivity index (χ1v) is 8.02. The molecule has 0 bridgehead atoms. The summed E-state index contributed by atoms with van der Waals surface area (Å²) in [5, 5.41) is 2.74. The molecular formula is C17H22N2O3. The number of piperidine rings is 1. The lowest BCUT2D eigenvalue weighted by Crippen LogP contribution is -2.46. The van der Waals surface area contributed by atoms with E-state index in [1.54, 1.807) is 4.90 Å². The quantitative estimate of drug-likeness (QED) is 0.841. The molecule has 1 aromatic carbocycles. The summed E-state index contributed by atoms with van der Waals surface area (Å²) in [5.41, 5.74) is 2.37. The van der Waals surface area contributed by atoms with Gasteiger partial charge in [0.2, 0.25) is 0 Å². The molecule has 0 aliphatic carbocycles. The molecule has 2 aliphatic heterocycles. The zero-order valence-corrected chi connectivity index (χ0v) is 12.7. The maximum absolute atomic E-state index is 12.1. The molecule has 0 aromatic heterocycles. The van der Waals surface area contributed by atoms with Crippen molar-refractivity contribution < 1.29 is 14.3 Å². The number of fused-ring (bicyclic) bond motifs is 1. The van der Waals surface area contributed by atoms with Gasteiger partial charge in [0.25, 0.3) is 0 Å². The molecule has 5 nitrogen and oxygen atoms in total. The summed E-state index contributed by atoms with van der Waals surface area (Å²) in [7, 11) is 0. The maximum Gasteiger partial charge on any atom is 0.311 e. The van der Waals surface area contributed by atoms with Crippen molar-refractivity contribution in [1.82, 2.24) is 10.2 Å². The van der Waals surface area contributed by atoms with Crippen molar-refractivity contribution in [3.8, 4) is 0 Å². The van der Waals surface area contributed by atoms with Crippen LogP contribution in [-0.4, -0.2) is 43.0 Å². The van der Waals surface area contributed by atoms with E-state index >= 15 is 0 Å². The third kappa shape index (κ3) is 3.30. The first-order chi connectivity index (χ1) is 10.8. The number of nitrogens with one attached hydrogen (secondary N) is 1. The lowest BCUT2D eigenvalue weighted by atomic mass is 9.97. The van der Waals surface area contributed by atoms with Gasteiger partial charge >= 0.3 is 11.8 Å². The Morgan fingerprint density at radius 3 is 2.77 bits per heavy atom. The van der Waals surface area contributed by atoms with Gasteiger partial charge in [-0.3, -0.25) is 9.59 Å². The van der Waals surface area contributed by atoms with Crippen molar-refractivity contribution in [2.24, 2.45) is 0 Å². The van der Waals surface area contributed by atoms with Crippen LogP contribution in [0.2, 0.25) is 0 Å². The smallest absolute Gasteiger partial charge is 0.311 e. The molecule has 1 N–H and O–H groups in total. The summed E-state index contributed by atoms with van der Waals surface area (Å²) >= 11 is 0. The molecule has 0 saturated carbocycles. The Balaban J connectivity index is 1.56. The lowest BCUT2D eigenvalue weighted by Gasteiger charge is -2.28. The van der Waals surface area contributed by atoms with E-state index in [9.17, 15) is 9.59 Å². The largest absolute Gasteiger partial charge is 0.371 e. The number of amides is 2. The highest BCUT2D eigenvalue weighted by molar-refractivity contribution is 6.35. The first kappa shape index (κ1) is 15.0. The van der Waals surface area contributed by atoms with Gasteiger partial charge in [0, 0.05) is 19.6 Å². The Morgan fingerprint density at radius 2 is 1.95 bits per heavy atom. The van der Waals surface area contributed by atoms with Gasteiger partial charge in [0.1, 0.15) is 6.10 Å². The fraction of sp³-hybridized carbons (Fsp3) is 0.529. The van der Waals surface area contributed by atoms with Crippen LogP contribution in [0.25, 0.3) is 0 Å². The number of hydrogen-bond acceptors (Lipinski definition) is 3. The van der Waals surface area contributed by atoms with Crippen LogP contribution < -0.4 is 5.32 Å². The highest BCUT2D eigenvalue weighted by Crippen LogP contribution is 2.26. The molecule has 22 heavy (non-hydrogen) atoms. The van der Waals surface area contributed by atoms with Crippen molar-refractivity contribution in [1.29, 1.82) is 0 Å². The Labute approximate surface area is 130 Å². The average Bonchev–Trinajstić information content (AvgIpc) is 2.59. The number of likely N-dealkylation sites (tertiary alicyclic amines) is 1. The molecule has 118 valence electrons. The second-order valence-electron chi connectivity index (χ2n) is 5.87. The van der Waals surface area contributed by atoms with Crippen LogP contribution >= 0.6 is 0 Å². The Hall–Kier alpha value is -1.88. The van der Waals surface area contributed by atoms with Crippen LogP contribution in [0.5, 0.6) is 0 Å². The van der Waals surface area contributed by atoms with Gasteiger partial charge in [0.15, 0.2) is 0 Å². The molecule has 2 heterocycles. The number of carbonyl (C=O) groups excluding carboxylic acids is 2. The van der Waals surface area contributed by atoms with Gasteiger partial charge in [0.05, 0.1) is 6.61 Å². The molecule has 0 radical (unpaired) electrons. The zero-order valence-electron chi connectivity index (χ0n) is 12.7. The van der Waals surface area contributed by atoms with Crippen LogP contribution in [0, 0.1) is 0 Å². The Bertz CT molecular complexity index is 553. The van der Waals surface area contributed by atoms with E-state index in [0.29, 0.717) is 26.2 Å². The molecule has 1 saturated heterocycles. The van der Waals surface area contributed by atoms with E-state index in [2.05, 4.69) is 11.4 Å². The first-order valence-electron chi connectivity index (χ1n) is 8.02. The normalized spacial score (nSPS) is 21.1. The Kier molecular flexibility index (Phi) is 4.73. The van der Waals surface area contributed by atoms with E-state index in [4.69, 9.17) is 4.74 Å². The number of ether oxygens (including phenoxy) is 1. The van der Waals surface area contributed by atoms with Crippen molar-refractivity contribution in [2.45, 2.75) is 31.8 Å². The number of nitrogens with zero attached hydrogens (tertiary/aromatic N) is 1. The molecule has 1 fully saturated rings. The minimum Gasteiger partial charge on any atom is -0.371 e. The van der Waals surface area contributed by atoms with E-state index in [1.807, 2.05) is 18.2 Å². The van der Waals surface area contributed by atoms with Crippen molar-refractivity contribution in [2.75, 3.05) is 26.2 Å². The van der Waals surface area contributed by atoms with Gasteiger partial charge in [-0.25, -0.2) is 0 Å². The molecule has 1 aromatic rings. The molecular weight excluding hydrogens is 280 g/mol. The minimum atomic E-state index is -0.520. The van der Waals surface area contributed by atoms with Crippen molar-refractivity contribution >= 4 is 11.8 Å². The topological polar surface area (TPSA) is 58.6 Å². The summed E-state index contributed by atoms with van der Waals surface area (Å²) in [6.07, 6.45) is 3.84. The van der Waals surface area contributed by atoms with E-state index < -0.39 is 11.8 Å². The highest BCUT2D eigenvalue weighted by atomic mass is 16.5. The zero-order chi connectivity index (χ0) is 15.4. The number of carbonyl (C=O) groups is 2. The second-order valence-corrected chi connectivity index (χ2v) is 5.87. The van der Waals surface area contributed by atoms with E-state index in [1.165, 1.54) is 5.56 Å². The summed E-state index contributed by atoms with van der Waals surface area (Å²) in [5.74, 6) is -0.933. The van der Waals surface area contributed by atoms with Crippen LogP contribution in [0.1, 0.15) is 36.5 Å². The summed E-state index contributed by atoms with van der Waals surface area (Å²) in [4.78, 5) is 25.8. The van der Waals surface area contributed by atoms with E-state index in [0.717, 1.165) is 31.2 Å². The van der Waals surface area contributed by atoms with Gasteiger partial charge < -0.3 is 15.0 Å². The standard InChI is InChI=1S/C17H22N2O3/c20-16(17(21)19-9-4-1-5-10-19)18-12-15-14-7-3-2-6-13(14)8-11-22-15/h2-3,6-7,15H,1,4-5,8-12H2,(H,18,20)/t15-/m0/s1. The molecule has 5 heteroatoms. The number of benzene rings is 1. The van der Waals surface area contributed by atoms with Gasteiger partial charge in [-0.15, -0.1) is 0 Å². The molecule has 1 atom stereocenters. The SMILES string of the molecule is O=C(NC[C@@H]1OCCc2ccccc21)C(=O)N1CCCCC1. The lowest BCUT2D eigenvalue weighted by molar-refractivity contribution is -0.146. The fourth-order valence-corrected chi connectivity index (χ4v) is 3.15. The Morgan fingerprint density at radius 1 is 1.18 bits per heavy atom. The van der Waals surface area contributed by atoms with Crippen LogP contribution in [0.4, 0.5) is 0 Å². The summed E-state index contributed by atoms with van der Waals surface area (Å²) < 4.78 is 5.74. The third-order valence-electron chi connectivity index (χ3n) is 4.38.